The topological polar surface area (TPSA) is 68.9 Å². The van der Waals surface area contributed by atoms with Gasteiger partial charge in [-0.25, -0.2) is 0 Å². The molecule has 0 aliphatic carbocycles. The van der Waals surface area contributed by atoms with Crippen molar-refractivity contribution in [2.24, 2.45) is 0 Å². The number of aryl methyl sites for hydroxylation is 2. The number of rotatable bonds is 4. The molecule has 0 aliphatic rings. The van der Waals surface area contributed by atoms with Gasteiger partial charge in [0.1, 0.15) is 6.07 Å². The van der Waals surface area contributed by atoms with Gasteiger partial charge in [-0.2, -0.15) is 5.26 Å². The molecule has 2 aromatic rings. The van der Waals surface area contributed by atoms with Crippen LogP contribution in [0.3, 0.4) is 0 Å². The van der Waals surface area contributed by atoms with E-state index >= 15 is 0 Å². The minimum Gasteiger partial charge on any atom is -0.394 e. The van der Waals surface area contributed by atoms with Crippen molar-refractivity contribution in [3.05, 3.63) is 58.9 Å². The van der Waals surface area contributed by atoms with Crippen LogP contribution in [-0.2, 0) is 5.54 Å². The second kappa shape index (κ2) is 5.94. The fourth-order valence-electron chi connectivity index (χ4n) is 2.37. The molecule has 0 fully saturated rings. The number of aliphatic hydroxyl groups excluding tert-OH is 1. The lowest BCUT2D eigenvalue weighted by Crippen LogP contribution is -2.36. The van der Waals surface area contributed by atoms with Crippen molar-refractivity contribution >= 4 is 5.69 Å². The number of aromatic nitrogens is 1. The predicted octanol–water partition coefficient (Wildman–Crippen LogP) is 2.89. The maximum absolute atomic E-state index is 9.84. The van der Waals surface area contributed by atoms with Gasteiger partial charge < -0.3 is 10.4 Å². The first kappa shape index (κ1) is 15.0. The van der Waals surface area contributed by atoms with Crippen LogP contribution in [0.25, 0.3) is 0 Å². The second-order valence-corrected chi connectivity index (χ2v) is 5.36. The summed E-state index contributed by atoms with van der Waals surface area (Å²) in [4.78, 5) is 4.31. The molecule has 0 radical (unpaired) electrons. The number of nitrogens with zero attached hydrogens (tertiary/aromatic N) is 2. The molecule has 0 spiro atoms. The van der Waals surface area contributed by atoms with Gasteiger partial charge in [-0.05, 0) is 32.4 Å². The van der Waals surface area contributed by atoms with Crippen molar-refractivity contribution in [2.45, 2.75) is 26.3 Å². The molecule has 0 saturated heterocycles. The molecule has 0 amide bonds. The van der Waals surface area contributed by atoms with Crippen molar-refractivity contribution < 1.29 is 5.11 Å². The summed E-state index contributed by atoms with van der Waals surface area (Å²) < 4.78 is 0. The fourth-order valence-corrected chi connectivity index (χ4v) is 2.37. The van der Waals surface area contributed by atoms with Crippen LogP contribution in [0, 0.1) is 25.2 Å². The van der Waals surface area contributed by atoms with Crippen LogP contribution < -0.4 is 5.32 Å². The Labute approximate surface area is 125 Å². The highest BCUT2D eigenvalue weighted by Gasteiger charge is 2.26. The van der Waals surface area contributed by atoms with Gasteiger partial charge in [0, 0.05) is 5.69 Å². The van der Waals surface area contributed by atoms with E-state index in [0.29, 0.717) is 16.9 Å². The lowest BCUT2D eigenvalue weighted by atomic mass is 9.92. The average Bonchev–Trinajstić information content (AvgIpc) is 2.47. The highest BCUT2D eigenvalue weighted by Crippen LogP contribution is 2.28. The van der Waals surface area contributed by atoms with Gasteiger partial charge in [-0.15, -0.1) is 0 Å². The first-order valence-corrected chi connectivity index (χ1v) is 6.83. The molecule has 0 bridgehead atoms. The van der Waals surface area contributed by atoms with E-state index in [1.807, 2.05) is 57.2 Å². The molecular weight excluding hydrogens is 262 g/mol. The second-order valence-electron chi connectivity index (χ2n) is 5.36. The Bertz CT molecular complexity index is 676. The van der Waals surface area contributed by atoms with Crippen molar-refractivity contribution in [1.82, 2.24) is 4.98 Å². The summed E-state index contributed by atoms with van der Waals surface area (Å²) in [6.07, 6.45) is 0. The summed E-state index contributed by atoms with van der Waals surface area (Å²) >= 11 is 0. The van der Waals surface area contributed by atoms with Gasteiger partial charge in [-0.1, -0.05) is 30.3 Å². The molecule has 4 heteroatoms. The molecular formula is C17H19N3O. The highest BCUT2D eigenvalue weighted by molar-refractivity contribution is 5.61. The molecule has 1 atom stereocenters. The summed E-state index contributed by atoms with van der Waals surface area (Å²) in [5.41, 5.74) is 3.03. The molecule has 0 aliphatic heterocycles. The first-order valence-electron chi connectivity index (χ1n) is 6.83. The zero-order valence-electron chi connectivity index (χ0n) is 12.5. The van der Waals surface area contributed by atoms with Crippen molar-refractivity contribution in [2.75, 3.05) is 11.9 Å². The molecule has 1 aromatic heterocycles. The Morgan fingerprint density at radius 3 is 2.52 bits per heavy atom. The third-order valence-electron chi connectivity index (χ3n) is 3.58. The Kier molecular flexibility index (Phi) is 4.25. The van der Waals surface area contributed by atoms with Crippen molar-refractivity contribution in [1.29, 1.82) is 5.26 Å². The van der Waals surface area contributed by atoms with Crippen LogP contribution in [-0.4, -0.2) is 16.7 Å². The largest absolute Gasteiger partial charge is 0.394 e. The van der Waals surface area contributed by atoms with Gasteiger partial charge in [0.25, 0.3) is 0 Å². The molecule has 4 nitrogen and oxygen atoms in total. The summed E-state index contributed by atoms with van der Waals surface area (Å²) in [5.74, 6) is 0. The van der Waals surface area contributed by atoms with E-state index in [1.54, 1.807) is 0 Å². The standard InChI is InChI=1S/C17H19N3O/c1-12-9-16(15(10-18)13(2)19-12)20-17(3,11-21)14-7-5-4-6-8-14/h4-9,21H,11H2,1-3H3,(H,19,20). The quantitative estimate of drug-likeness (QED) is 0.904. The van der Waals surface area contributed by atoms with Crippen LogP contribution in [0.5, 0.6) is 0 Å². The van der Waals surface area contributed by atoms with Crippen LogP contribution in [0.4, 0.5) is 5.69 Å². The zero-order valence-corrected chi connectivity index (χ0v) is 12.5. The van der Waals surface area contributed by atoms with Crippen LogP contribution in [0.1, 0.15) is 29.4 Å². The Morgan fingerprint density at radius 1 is 1.29 bits per heavy atom. The number of pyridine rings is 1. The summed E-state index contributed by atoms with van der Waals surface area (Å²) in [7, 11) is 0. The van der Waals surface area contributed by atoms with E-state index < -0.39 is 5.54 Å². The SMILES string of the molecule is Cc1cc(NC(C)(CO)c2ccccc2)c(C#N)c(C)n1. The lowest BCUT2D eigenvalue weighted by molar-refractivity contribution is 0.224. The number of anilines is 1. The van der Waals surface area contributed by atoms with E-state index in [0.717, 1.165) is 11.3 Å². The Balaban J connectivity index is 2.47. The number of nitriles is 1. The molecule has 2 N–H and O–H groups in total. The average molecular weight is 281 g/mol. The lowest BCUT2D eigenvalue weighted by Gasteiger charge is -2.31. The normalized spacial score (nSPS) is 13.3. The fraction of sp³-hybridized carbons (Fsp3) is 0.294. The minimum absolute atomic E-state index is 0.0811. The Hall–Kier alpha value is -2.38. The van der Waals surface area contributed by atoms with Gasteiger partial charge in [0.2, 0.25) is 0 Å². The van der Waals surface area contributed by atoms with E-state index in [9.17, 15) is 10.4 Å². The minimum atomic E-state index is -0.660. The maximum atomic E-state index is 9.84. The highest BCUT2D eigenvalue weighted by atomic mass is 16.3. The third kappa shape index (κ3) is 3.04. The number of nitrogens with one attached hydrogen (secondary N) is 1. The number of hydrogen-bond acceptors (Lipinski definition) is 4. The van der Waals surface area contributed by atoms with Crippen molar-refractivity contribution in [3.8, 4) is 6.07 Å². The molecule has 2 rings (SSSR count). The molecule has 1 heterocycles. The van der Waals surface area contributed by atoms with Gasteiger partial charge >= 0.3 is 0 Å². The molecule has 21 heavy (non-hydrogen) atoms. The smallest absolute Gasteiger partial charge is 0.103 e. The molecule has 1 aromatic carbocycles. The van der Waals surface area contributed by atoms with Crippen molar-refractivity contribution in [3.63, 3.8) is 0 Å². The van der Waals surface area contributed by atoms with E-state index in [-0.39, 0.29) is 6.61 Å². The summed E-state index contributed by atoms with van der Waals surface area (Å²) in [5, 5.41) is 22.5. The Morgan fingerprint density at radius 2 is 1.95 bits per heavy atom. The van der Waals surface area contributed by atoms with E-state index in [1.165, 1.54) is 0 Å². The van der Waals surface area contributed by atoms with Gasteiger partial charge in [0.15, 0.2) is 0 Å². The zero-order chi connectivity index (χ0) is 15.5. The van der Waals surface area contributed by atoms with Crippen LogP contribution in [0.2, 0.25) is 0 Å². The summed E-state index contributed by atoms with van der Waals surface area (Å²) in [6.45, 7) is 5.53. The van der Waals surface area contributed by atoms with Crippen LogP contribution in [0.15, 0.2) is 36.4 Å². The van der Waals surface area contributed by atoms with Gasteiger partial charge in [-0.3, -0.25) is 4.98 Å². The summed E-state index contributed by atoms with van der Waals surface area (Å²) in [6, 6.07) is 13.7. The molecule has 108 valence electrons. The number of benzene rings is 1. The van der Waals surface area contributed by atoms with Crippen LogP contribution >= 0.6 is 0 Å². The molecule has 1 unspecified atom stereocenters. The number of aliphatic hydroxyl groups is 1. The monoisotopic (exact) mass is 281 g/mol. The molecule has 0 saturated carbocycles. The number of hydrogen-bond donors (Lipinski definition) is 2. The third-order valence-corrected chi connectivity index (χ3v) is 3.58. The van der Waals surface area contributed by atoms with E-state index in [4.69, 9.17) is 0 Å². The van der Waals surface area contributed by atoms with Gasteiger partial charge in [0.05, 0.1) is 29.1 Å². The van der Waals surface area contributed by atoms with E-state index in [2.05, 4.69) is 16.4 Å². The first-order chi connectivity index (χ1) is 10.00. The maximum Gasteiger partial charge on any atom is 0.103 e. The predicted molar refractivity (Wildman–Crippen MR) is 82.9 cm³/mol.